The molecular formula is C16H13Cl2NO2. The van der Waals surface area contributed by atoms with E-state index in [9.17, 15) is 0 Å². The number of halogens is 2. The van der Waals surface area contributed by atoms with Crippen LogP contribution in [0.2, 0.25) is 10.0 Å². The molecule has 0 spiro atoms. The summed E-state index contributed by atoms with van der Waals surface area (Å²) in [6.07, 6.45) is 1.61. The first-order chi connectivity index (χ1) is 10.1. The largest absolute Gasteiger partial charge is 0.496 e. The highest BCUT2D eigenvalue weighted by atomic mass is 35.5. The molecule has 5 heteroatoms. The molecule has 3 rings (SSSR count). The van der Waals surface area contributed by atoms with Crippen molar-refractivity contribution in [2.24, 2.45) is 5.73 Å². The third-order valence-electron chi connectivity index (χ3n) is 3.43. The van der Waals surface area contributed by atoms with Gasteiger partial charge in [0, 0.05) is 21.4 Å². The summed E-state index contributed by atoms with van der Waals surface area (Å²) in [6, 6.07) is 10.4. The SMILES string of the molecule is COc1ccc(Cl)cc1C(N)c1occ2c(Cl)cccc12. The molecular weight excluding hydrogens is 309 g/mol. The fourth-order valence-corrected chi connectivity index (χ4v) is 2.79. The molecule has 21 heavy (non-hydrogen) atoms. The lowest BCUT2D eigenvalue weighted by Crippen LogP contribution is -2.12. The summed E-state index contributed by atoms with van der Waals surface area (Å²) < 4.78 is 11.0. The van der Waals surface area contributed by atoms with Crippen LogP contribution in [0.25, 0.3) is 10.8 Å². The second-order valence-electron chi connectivity index (χ2n) is 4.66. The van der Waals surface area contributed by atoms with Gasteiger partial charge in [0.15, 0.2) is 0 Å². The minimum absolute atomic E-state index is 0.491. The van der Waals surface area contributed by atoms with E-state index in [2.05, 4.69) is 0 Å². The van der Waals surface area contributed by atoms with E-state index in [0.717, 1.165) is 16.3 Å². The maximum atomic E-state index is 6.35. The van der Waals surface area contributed by atoms with E-state index in [1.807, 2.05) is 18.2 Å². The van der Waals surface area contributed by atoms with Crippen LogP contribution in [0.15, 0.2) is 47.1 Å². The number of benzene rings is 2. The Kier molecular flexibility index (Phi) is 3.81. The molecule has 0 radical (unpaired) electrons. The van der Waals surface area contributed by atoms with Crippen molar-refractivity contribution >= 4 is 34.0 Å². The highest BCUT2D eigenvalue weighted by Gasteiger charge is 2.21. The molecule has 0 amide bonds. The molecule has 0 bridgehead atoms. The van der Waals surface area contributed by atoms with Gasteiger partial charge in [0.25, 0.3) is 0 Å². The Morgan fingerprint density at radius 3 is 2.71 bits per heavy atom. The molecule has 1 aromatic heterocycles. The van der Waals surface area contributed by atoms with Crippen LogP contribution >= 0.6 is 23.2 Å². The van der Waals surface area contributed by atoms with Gasteiger partial charge in [-0.15, -0.1) is 0 Å². The number of rotatable bonds is 3. The highest BCUT2D eigenvalue weighted by Crippen LogP contribution is 2.36. The monoisotopic (exact) mass is 321 g/mol. The lowest BCUT2D eigenvalue weighted by Gasteiger charge is -2.14. The summed E-state index contributed by atoms with van der Waals surface area (Å²) in [6.45, 7) is 0. The summed E-state index contributed by atoms with van der Waals surface area (Å²) >= 11 is 12.2. The summed E-state index contributed by atoms with van der Waals surface area (Å²) in [4.78, 5) is 0. The van der Waals surface area contributed by atoms with Crippen molar-refractivity contribution in [2.45, 2.75) is 6.04 Å². The molecule has 0 fully saturated rings. The number of methoxy groups -OCH3 is 1. The van der Waals surface area contributed by atoms with Crippen molar-refractivity contribution in [1.82, 2.24) is 0 Å². The molecule has 2 aromatic carbocycles. The maximum Gasteiger partial charge on any atom is 0.133 e. The highest BCUT2D eigenvalue weighted by molar-refractivity contribution is 6.35. The first kappa shape index (κ1) is 14.3. The second kappa shape index (κ2) is 5.60. The van der Waals surface area contributed by atoms with Gasteiger partial charge >= 0.3 is 0 Å². The van der Waals surface area contributed by atoms with Gasteiger partial charge < -0.3 is 14.9 Å². The number of fused-ring (bicyclic) bond motifs is 1. The van der Waals surface area contributed by atoms with E-state index in [0.29, 0.717) is 21.6 Å². The van der Waals surface area contributed by atoms with Crippen molar-refractivity contribution in [1.29, 1.82) is 0 Å². The van der Waals surface area contributed by atoms with Crippen LogP contribution in [0.1, 0.15) is 17.4 Å². The standard InChI is InChI=1S/C16H13Cl2NO2/c1-20-14-6-5-9(17)7-11(14)15(19)16-10-3-2-4-13(18)12(10)8-21-16/h2-8,15H,19H2,1H3. The van der Waals surface area contributed by atoms with Gasteiger partial charge in [-0.2, -0.15) is 0 Å². The normalized spacial score (nSPS) is 12.6. The number of furan rings is 1. The molecule has 3 aromatic rings. The molecule has 0 aliphatic carbocycles. The van der Waals surface area contributed by atoms with Gasteiger partial charge in [0.2, 0.25) is 0 Å². The number of ether oxygens (including phenoxy) is 1. The molecule has 0 saturated heterocycles. The van der Waals surface area contributed by atoms with Crippen molar-refractivity contribution in [2.75, 3.05) is 7.11 Å². The first-order valence-electron chi connectivity index (χ1n) is 6.36. The topological polar surface area (TPSA) is 48.4 Å². The lowest BCUT2D eigenvalue weighted by molar-refractivity contribution is 0.403. The summed E-state index contributed by atoms with van der Waals surface area (Å²) in [5.41, 5.74) is 7.11. The molecule has 2 N–H and O–H groups in total. The number of hydrogen-bond acceptors (Lipinski definition) is 3. The Morgan fingerprint density at radius 1 is 1.14 bits per heavy atom. The van der Waals surface area contributed by atoms with Gasteiger partial charge in [-0.25, -0.2) is 0 Å². The van der Waals surface area contributed by atoms with Gasteiger partial charge in [0.1, 0.15) is 17.8 Å². The summed E-state index contributed by atoms with van der Waals surface area (Å²) in [7, 11) is 1.59. The molecule has 0 saturated carbocycles. The van der Waals surface area contributed by atoms with Crippen molar-refractivity contribution in [3.05, 3.63) is 64.0 Å². The Bertz CT molecular complexity index is 798. The van der Waals surface area contributed by atoms with E-state index in [1.165, 1.54) is 0 Å². The molecule has 108 valence electrons. The minimum Gasteiger partial charge on any atom is -0.496 e. The minimum atomic E-state index is -0.491. The second-order valence-corrected chi connectivity index (χ2v) is 5.51. The van der Waals surface area contributed by atoms with E-state index in [1.54, 1.807) is 31.6 Å². The number of hydrogen-bond donors (Lipinski definition) is 1. The van der Waals surface area contributed by atoms with E-state index >= 15 is 0 Å². The molecule has 1 unspecified atom stereocenters. The summed E-state index contributed by atoms with van der Waals surface area (Å²) in [5.74, 6) is 1.30. The van der Waals surface area contributed by atoms with Crippen LogP contribution in [0, 0.1) is 0 Å². The third-order valence-corrected chi connectivity index (χ3v) is 4.00. The molecule has 0 aliphatic rings. The predicted molar refractivity (Wildman–Crippen MR) is 85.3 cm³/mol. The van der Waals surface area contributed by atoms with Gasteiger partial charge in [-0.05, 0) is 24.3 Å². The van der Waals surface area contributed by atoms with Gasteiger partial charge in [-0.3, -0.25) is 0 Å². The smallest absolute Gasteiger partial charge is 0.133 e. The third kappa shape index (κ3) is 2.48. The van der Waals surface area contributed by atoms with Crippen molar-refractivity contribution in [3.63, 3.8) is 0 Å². The predicted octanol–water partition coefficient (Wildman–Crippen LogP) is 4.80. The molecule has 1 heterocycles. The van der Waals surface area contributed by atoms with E-state index in [-0.39, 0.29) is 0 Å². The van der Waals surface area contributed by atoms with Crippen LogP contribution in [0.3, 0.4) is 0 Å². The zero-order chi connectivity index (χ0) is 15.0. The first-order valence-corrected chi connectivity index (χ1v) is 7.12. The molecule has 3 nitrogen and oxygen atoms in total. The maximum absolute atomic E-state index is 6.35. The fourth-order valence-electron chi connectivity index (χ4n) is 2.39. The van der Waals surface area contributed by atoms with Crippen molar-refractivity contribution in [3.8, 4) is 5.75 Å². The van der Waals surface area contributed by atoms with Crippen LogP contribution in [0.4, 0.5) is 0 Å². The van der Waals surface area contributed by atoms with Crippen LogP contribution in [-0.2, 0) is 0 Å². The molecule has 1 atom stereocenters. The quantitative estimate of drug-likeness (QED) is 0.754. The van der Waals surface area contributed by atoms with E-state index in [4.69, 9.17) is 38.1 Å². The average molecular weight is 322 g/mol. The van der Waals surface area contributed by atoms with Gasteiger partial charge in [0.05, 0.1) is 18.2 Å². The Labute approximate surface area is 132 Å². The Balaban J connectivity index is 2.15. The Morgan fingerprint density at radius 2 is 1.95 bits per heavy atom. The zero-order valence-corrected chi connectivity index (χ0v) is 12.8. The van der Waals surface area contributed by atoms with Gasteiger partial charge in [-0.1, -0.05) is 35.3 Å². The average Bonchev–Trinajstić information content (AvgIpc) is 2.92. The van der Waals surface area contributed by atoms with Crippen molar-refractivity contribution < 1.29 is 9.15 Å². The van der Waals surface area contributed by atoms with Crippen LogP contribution < -0.4 is 10.5 Å². The van der Waals surface area contributed by atoms with Crippen LogP contribution in [-0.4, -0.2) is 7.11 Å². The summed E-state index contributed by atoms with van der Waals surface area (Å²) in [5, 5.41) is 2.95. The van der Waals surface area contributed by atoms with Crippen LogP contribution in [0.5, 0.6) is 5.75 Å². The molecule has 0 aliphatic heterocycles. The zero-order valence-electron chi connectivity index (χ0n) is 11.3. The lowest BCUT2D eigenvalue weighted by atomic mass is 10.0. The number of nitrogens with two attached hydrogens (primary N) is 1. The Hall–Kier alpha value is -1.68. The van der Waals surface area contributed by atoms with E-state index < -0.39 is 6.04 Å². The fraction of sp³-hybridized carbons (Fsp3) is 0.125.